The molecule has 1 aromatic rings. The van der Waals surface area contributed by atoms with E-state index in [1.807, 2.05) is 0 Å². The second-order valence-corrected chi connectivity index (χ2v) is 5.66. The van der Waals surface area contributed by atoms with Gasteiger partial charge in [-0.1, -0.05) is 0 Å². The van der Waals surface area contributed by atoms with Crippen molar-refractivity contribution in [3.05, 3.63) is 18.7 Å². The van der Waals surface area contributed by atoms with Gasteiger partial charge in [-0.25, -0.2) is 23.5 Å². The maximum atomic E-state index is 11.7. The van der Waals surface area contributed by atoms with Crippen LogP contribution in [0.5, 0.6) is 0 Å². The molecule has 0 bridgehead atoms. The molecule has 1 unspecified atom stereocenters. The summed E-state index contributed by atoms with van der Waals surface area (Å²) in [4.78, 5) is 20.8. The van der Waals surface area contributed by atoms with E-state index in [1.165, 1.54) is 23.6 Å². The van der Waals surface area contributed by atoms with Crippen LogP contribution in [0.3, 0.4) is 0 Å². The number of hydrogen-bond acceptors (Lipinski definition) is 5. The lowest BCUT2D eigenvalue weighted by Crippen LogP contribution is -2.27. The van der Waals surface area contributed by atoms with Crippen LogP contribution in [0.15, 0.2) is 18.7 Å². The second-order valence-electron chi connectivity index (χ2n) is 4.00. The lowest BCUT2D eigenvalue weighted by atomic mass is 10.1. The van der Waals surface area contributed by atoms with Crippen molar-refractivity contribution in [2.75, 3.05) is 17.2 Å². The number of primary sulfonamides is 1. The molecular weight excluding hydrogens is 244 g/mol. The molecule has 0 radical (unpaired) electrons. The molecule has 1 atom stereocenters. The minimum atomic E-state index is -3.55. The van der Waals surface area contributed by atoms with Gasteiger partial charge in [0.2, 0.25) is 15.9 Å². The zero-order chi connectivity index (χ0) is 12.5. The number of carbonyl (C=O) groups excluding carboxylic acids is 1. The third kappa shape index (κ3) is 2.98. The van der Waals surface area contributed by atoms with E-state index in [9.17, 15) is 13.2 Å². The molecule has 2 rings (SSSR count). The molecule has 0 aromatic carbocycles. The zero-order valence-corrected chi connectivity index (χ0v) is 9.80. The molecule has 17 heavy (non-hydrogen) atoms. The molecule has 1 amide bonds. The fraction of sp³-hybridized carbons (Fsp3) is 0.444. The summed E-state index contributed by atoms with van der Waals surface area (Å²) in [5.41, 5.74) is 0.578. The van der Waals surface area contributed by atoms with Gasteiger partial charge in [0.15, 0.2) is 0 Å². The molecule has 8 heteroatoms. The number of carbonyl (C=O) groups is 1. The fourth-order valence-electron chi connectivity index (χ4n) is 1.90. The summed E-state index contributed by atoms with van der Waals surface area (Å²) in [7, 11) is -3.55. The van der Waals surface area contributed by atoms with Crippen LogP contribution < -0.4 is 10.0 Å². The van der Waals surface area contributed by atoms with E-state index >= 15 is 0 Å². The highest BCUT2D eigenvalue weighted by Crippen LogP contribution is 2.24. The number of amides is 1. The minimum absolute atomic E-state index is 0.131. The van der Waals surface area contributed by atoms with E-state index in [1.54, 1.807) is 0 Å². The van der Waals surface area contributed by atoms with Crippen molar-refractivity contribution in [1.29, 1.82) is 0 Å². The Hall–Kier alpha value is -1.54. The normalized spacial score (nSPS) is 20.9. The number of nitrogens with two attached hydrogens (primary N) is 1. The topological polar surface area (TPSA) is 106 Å². The molecule has 1 aromatic heterocycles. The molecule has 1 fully saturated rings. The molecule has 1 aliphatic rings. The molecule has 0 aliphatic carbocycles. The number of sulfonamides is 1. The summed E-state index contributed by atoms with van der Waals surface area (Å²) in [6.07, 6.45) is 4.59. The quantitative estimate of drug-likeness (QED) is 0.755. The third-order valence-electron chi connectivity index (χ3n) is 2.53. The zero-order valence-electron chi connectivity index (χ0n) is 8.98. The summed E-state index contributed by atoms with van der Waals surface area (Å²) in [6.45, 7) is 0.336. The number of anilines is 1. The maximum absolute atomic E-state index is 11.7. The van der Waals surface area contributed by atoms with Crippen LogP contribution in [0.25, 0.3) is 0 Å². The highest BCUT2D eigenvalue weighted by atomic mass is 32.2. The number of nitrogens with zero attached hydrogens (tertiary/aromatic N) is 3. The van der Waals surface area contributed by atoms with E-state index in [4.69, 9.17) is 5.14 Å². The van der Waals surface area contributed by atoms with Gasteiger partial charge >= 0.3 is 0 Å². The van der Waals surface area contributed by atoms with Gasteiger partial charge in [0.05, 0.1) is 23.8 Å². The SMILES string of the molecule is NS(=O)(=O)CC1CC(=O)N(c2cncnc2)C1. The summed E-state index contributed by atoms with van der Waals surface area (Å²) in [5, 5.41) is 4.96. The van der Waals surface area contributed by atoms with E-state index in [0.717, 1.165) is 0 Å². The van der Waals surface area contributed by atoms with Gasteiger partial charge in [0.1, 0.15) is 6.33 Å². The van der Waals surface area contributed by atoms with Crippen LogP contribution in [-0.2, 0) is 14.8 Å². The molecule has 0 saturated carbocycles. The van der Waals surface area contributed by atoms with Gasteiger partial charge in [-0.3, -0.25) is 4.79 Å². The first kappa shape index (κ1) is 11.9. The molecule has 7 nitrogen and oxygen atoms in total. The van der Waals surface area contributed by atoms with E-state index < -0.39 is 10.0 Å². The van der Waals surface area contributed by atoms with Crippen molar-refractivity contribution < 1.29 is 13.2 Å². The molecular formula is C9H12N4O3S. The van der Waals surface area contributed by atoms with Gasteiger partial charge in [-0.05, 0) is 0 Å². The first-order valence-corrected chi connectivity index (χ1v) is 6.73. The highest BCUT2D eigenvalue weighted by molar-refractivity contribution is 7.89. The molecule has 92 valence electrons. The van der Waals surface area contributed by atoms with Gasteiger partial charge in [0, 0.05) is 18.9 Å². The molecule has 1 saturated heterocycles. The summed E-state index contributed by atoms with van der Waals surface area (Å²) in [6, 6.07) is 0. The van der Waals surface area contributed by atoms with Crippen molar-refractivity contribution in [3.63, 3.8) is 0 Å². The largest absolute Gasteiger partial charge is 0.309 e. The first-order valence-electron chi connectivity index (χ1n) is 5.01. The minimum Gasteiger partial charge on any atom is -0.309 e. The van der Waals surface area contributed by atoms with Crippen LogP contribution in [0.2, 0.25) is 0 Å². The van der Waals surface area contributed by atoms with Crippen molar-refractivity contribution >= 4 is 21.6 Å². The Morgan fingerprint density at radius 1 is 1.41 bits per heavy atom. The predicted octanol–water partition coefficient (Wildman–Crippen LogP) is -0.882. The van der Waals surface area contributed by atoms with Crippen LogP contribution in [-0.4, -0.2) is 36.6 Å². The van der Waals surface area contributed by atoms with Crippen LogP contribution in [0, 0.1) is 5.92 Å². The Morgan fingerprint density at radius 2 is 2.06 bits per heavy atom. The van der Waals surface area contributed by atoms with Crippen LogP contribution in [0.4, 0.5) is 5.69 Å². The van der Waals surface area contributed by atoms with Crippen molar-refractivity contribution in [3.8, 4) is 0 Å². The standard InChI is InChI=1S/C9H12N4O3S/c10-17(15,16)5-7-1-9(14)13(4-7)8-2-11-6-12-3-8/h2-3,6-7H,1,4-5H2,(H2,10,15,16). The summed E-state index contributed by atoms with van der Waals surface area (Å²) in [5.74, 6) is -0.575. The fourth-order valence-corrected chi connectivity index (χ4v) is 2.78. The Morgan fingerprint density at radius 3 is 2.65 bits per heavy atom. The molecule has 2 N–H and O–H groups in total. The van der Waals surface area contributed by atoms with Gasteiger partial charge in [-0.15, -0.1) is 0 Å². The predicted molar refractivity (Wildman–Crippen MR) is 60.5 cm³/mol. The Labute approximate surface area is 98.7 Å². The maximum Gasteiger partial charge on any atom is 0.227 e. The lowest BCUT2D eigenvalue weighted by molar-refractivity contribution is -0.117. The molecule has 2 heterocycles. The monoisotopic (exact) mass is 256 g/mol. The first-order chi connectivity index (χ1) is 7.96. The number of rotatable bonds is 3. The van der Waals surface area contributed by atoms with Crippen LogP contribution in [0.1, 0.15) is 6.42 Å². The smallest absolute Gasteiger partial charge is 0.227 e. The lowest BCUT2D eigenvalue weighted by Gasteiger charge is -2.15. The van der Waals surface area contributed by atoms with E-state index in [0.29, 0.717) is 12.2 Å². The Balaban J connectivity index is 2.11. The highest BCUT2D eigenvalue weighted by Gasteiger charge is 2.32. The van der Waals surface area contributed by atoms with Gasteiger partial charge < -0.3 is 4.90 Å². The Bertz CT molecular complexity index is 516. The van der Waals surface area contributed by atoms with Gasteiger partial charge in [-0.2, -0.15) is 0 Å². The van der Waals surface area contributed by atoms with Gasteiger partial charge in [0.25, 0.3) is 0 Å². The van der Waals surface area contributed by atoms with Crippen molar-refractivity contribution in [2.45, 2.75) is 6.42 Å². The molecule has 1 aliphatic heterocycles. The van der Waals surface area contributed by atoms with Crippen molar-refractivity contribution in [1.82, 2.24) is 9.97 Å². The van der Waals surface area contributed by atoms with E-state index in [2.05, 4.69) is 9.97 Å². The Kier molecular flexibility index (Phi) is 3.07. The van der Waals surface area contributed by atoms with E-state index in [-0.39, 0.29) is 24.0 Å². The summed E-state index contributed by atoms with van der Waals surface area (Å²) < 4.78 is 21.9. The number of aromatic nitrogens is 2. The third-order valence-corrected chi connectivity index (χ3v) is 3.47. The second kappa shape index (κ2) is 4.38. The van der Waals surface area contributed by atoms with Crippen LogP contribution >= 0.6 is 0 Å². The average molecular weight is 256 g/mol. The molecule has 0 spiro atoms. The van der Waals surface area contributed by atoms with Crippen molar-refractivity contribution in [2.24, 2.45) is 11.1 Å². The summed E-state index contributed by atoms with van der Waals surface area (Å²) >= 11 is 0. The average Bonchev–Trinajstić information content (AvgIpc) is 2.58. The number of hydrogen-bond donors (Lipinski definition) is 1.